The van der Waals surface area contributed by atoms with Crippen molar-refractivity contribution in [3.63, 3.8) is 0 Å². The Morgan fingerprint density at radius 1 is 1.11 bits per heavy atom. The second kappa shape index (κ2) is 4.85. The van der Waals surface area contributed by atoms with Gasteiger partial charge >= 0.3 is 0 Å². The summed E-state index contributed by atoms with van der Waals surface area (Å²) >= 11 is 0. The molecule has 0 aromatic heterocycles. The molecule has 0 N–H and O–H groups in total. The Morgan fingerprint density at radius 3 is 2.33 bits per heavy atom. The summed E-state index contributed by atoms with van der Waals surface area (Å²) in [5.74, 6) is 0. The van der Waals surface area contributed by atoms with E-state index in [1.807, 2.05) is 44.2 Å². The second-order valence-electron chi connectivity index (χ2n) is 4.31. The van der Waals surface area contributed by atoms with E-state index in [0.717, 1.165) is 28.5 Å². The maximum atomic E-state index is 10.8. The highest BCUT2D eigenvalue weighted by atomic mass is 16.1. The Morgan fingerprint density at radius 2 is 1.78 bits per heavy atom. The third kappa shape index (κ3) is 2.16. The first kappa shape index (κ1) is 12.1. The molecular formula is C16H13NO. The molecule has 0 saturated carbocycles. The van der Waals surface area contributed by atoms with Crippen molar-refractivity contribution in [1.29, 1.82) is 0 Å². The predicted octanol–water partition coefficient (Wildman–Crippen LogP) is 4.33. The number of nitrogens with zero attached hydrogens (tertiary/aromatic N) is 1. The average molecular weight is 235 g/mol. The van der Waals surface area contributed by atoms with Crippen molar-refractivity contribution in [2.24, 2.45) is 0 Å². The molecule has 0 atom stereocenters. The van der Waals surface area contributed by atoms with Crippen LogP contribution in [0.15, 0.2) is 36.4 Å². The molecule has 0 aliphatic heterocycles. The van der Waals surface area contributed by atoms with E-state index in [0.29, 0.717) is 11.3 Å². The van der Waals surface area contributed by atoms with Crippen LogP contribution >= 0.6 is 0 Å². The first-order chi connectivity index (χ1) is 8.65. The zero-order chi connectivity index (χ0) is 13.1. The highest BCUT2D eigenvalue weighted by molar-refractivity contribution is 5.81. The van der Waals surface area contributed by atoms with Crippen LogP contribution in [0, 0.1) is 20.4 Å². The van der Waals surface area contributed by atoms with E-state index in [9.17, 15) is 4.79 Å². The van der Waals surface area contributed by atoms with Crippen molar-refractivity contribution < 1.29 is 4.79 Å². The van der Waals surface area contributed by atoms with Gasteiger partial charge in [0, 0.05) is 5.56 Å². The smallest absolute Gasteiger partial charge is 0.187 e. The van der Waals surface area contributed by atoms with E-state index < -0.39 is 0 Å². The molecule has 0 spiro atoms. The molecule has 18 heavy (non-hydrogen) atoms. The molecule has 0 fully saturated rings. The second-order valence-corrected chi connectivity index (χ2v) is 4.31. The molecule has 2 aromatic carbocycles. The number of benzene rings is 2. The number of aryl methyl sites for hydroxylation is 2. The summed E-state index contributed by atoms with van der Waals surface area (Å²) in [5.41, 5.74) is 5.56. The zero-order valence-corrected chi connectivity index (χ0v) is 10.4. The summed E-state index contributed by atoms with van der Waals surface area (Å²) < 4.78 is 0. The molecule has 2 aromatic rings. The largest absolute Gasteiger partial charge is 0.298 e. The molecule has 0 aliphatic rings. The standard InChI is InChI=1S/C16H13NO/c1-11-7-15(17-3)8-12(2)16(11)14-6-4-5-13(9-14)10-18/h4-10H,1-2H3. The minimum atomic E-state index is 0.653. The summed E-state index contributed by atoms with van der Waals surface area (Å²) in [6.07, 6.45) is 0.849. The van der Waals surface area contributed by atoms with Gasteiger partial charge in [0.05, 0.1) is 6.57 Å². The molecule has 0 aliphatic carbocycles. The number of aldehydes is 1. The van der Waals surface area contributed by atoms with Gasteiger partial charge < -0.3 is 0 Å². The van der Waals surface area contributed by atoms with Crippen molar-refractivity contribution >= 4 is 12.0 Å². The summed E-state index contributed by atoms with van der Waals surface area (Å²) in [5, 5.41) is 0. The first-order valence-corrected chi connectivity index (χ1v) is 5.70. The third-order valence-electron chi connectivity index (χ3n) is 2.96. The molecule has 0 saturated heterocycles. The van der Waals surface area contributed by atoms with Crippen LogP contribution in [-0.4, -0.2) is 6.29 Å². The number of hydrogen-bond acceptors (Lipinski definition) is 1. The topological polar surface area (TPSA) is 21.4 Å². The number of hydrogen-bond donors (Lipinski definition) is 0. The van der Waals surface area contributed by atoms with Crippen LogP contribution in [0.1, 0.15) is 21.5 Å². The van der Waals surface area contributed by atoms with Gasteiger partial charge in [-0.3, -0.25) is 4.79 Å². The van der Waals surface area contributed by atoms with E-state index >= 15 is 0 Å². The first-order valence-electron chi connectivity index (χ1n) is 5.70. The van der Waals surface area contributed by atoms with Gasteiger partial charge in [0.25, 0.3) is 0 Å². The number of carbonyl (C=O) groups is 1. The lowest BCUT2D eigenvalue weighted by atomic mass is 9.94. The van der Waals surface area contributed by atoms with Crippen LogP contribution in [0.25, 0.3) is 16.0 Å². The van der Waals surface area contributed by atoms with Crippen LogP contribution in [-0.2, 0) is 0 Å². The van der Waals surface area contributed by atoms with Gasteiger partial charge in [0.1, 0.15) is 6.29 Å². The van der Waals surface area contributed by atoms with Crippen molar-refractivity contribution in [2.45, 2.75) is 13.8 Å². The minimum absolute atomic E-state index is 0.653. The maximum Gasteiger partial charge on any atom is 0.187 e. The monoisotopic (exact) mass is 235 g/mol. The SMILES string of the molecule is [C-]#[N+]c1cc(C)c(-c2cccc(C=O)c2)c(C)c1. The minimum Gasteiger partial charge on any atom is -0.298 e. The predicted molar refractivity (Wildman–Crippen MR) is 73.0 cm³/mol. The molecule has 0 radical (unpaired) electrons. The van der Waals surface area contributed by atoms with Crippen molar-refractivity contribution in [2.75, 3.05) is 0 Å². The van der Waals surface area contributed by atoms with Gasteiger partial charge in [-0.25, -0.2) is 4.85 Å². The zero-order valence-electron chi connectivity index (χ0n) is 10.4. The fraction of sp³-hybridized carbons (Fsp3) is 0.125. The van der Waals surface area contributed by atoms with Crippen molar-refractivity contribution in [3.8, 4) is 11.1 Å². The molecule has 0 bridgehead atoms. The maximum absolute atomic E-state index is 10.8. The fourth-order valence-electron chi connectivity index (χ4n) is 2.23. The Hall–Kier alpha value is -2.40. The van der Waals surface area contributed by atoms with Crippen LogP contribution < -0.4 is 0 Å². The van der Waals surface area contributed by atoms with Gasteiger partial charge in [-0.1, -0.05) is 41.5 Å². The molecule has 0 heterocycles. The van der Waals surface area contributed by atoms with Gasteiger partial charge in [-0.2, -0.15) is 0 Å². The highest BCUT2D eigenvalue weighted by Crippen LogP contribution is 2.31. The molecular weight excluding hydrogens is 222 g/mol. The Bertz CT molecular complexity index is 627. The summed E-state index contributed by atoms with van der Waals surface area (Å²) in [6, 6.07) is 11.3. The van der Waals surface area contributed by atoms with Crippen LogP contribution in [0.5, 0.6) is 0 Å². The van der Waals surface area contributed by atoms with E-state index in [-0.39, 0.29) is 0 Å². The van der Waals surface area contributed by atoms with Gasteiger partial charge in [0.15, 0.2) is 5.69 Å². The molecule has 0 unspecified atom stereocenters. The molecule has 88 valence electrons. The lowest BCUT2D eigenvalue weighted by molar-refractivity contribution is 0.112. The Labute approximate surface area is 107 Å². The molecule has 0 amide bonds. The van der Waals surface area contributed by atoms with E-state index in [1.165, 1.54) is 0 Å². The van der Waals surface area contributed by atoms with Crippen molar-refractivity contribution in [3.05, 3.63) is 64.5 Å². The molecule has 2 heteroatoms. The third-order valence-corrected chi connectivity index (χ3v) is 2.96. The van der Waals surface area contributed by atoms with E-state index in [2.05, 4.69) is 4.85 Å². The quantitative estimate of drug-likeness (QED) is 0.560. The van der Waals surface area contributed by atoms with Crippen LogP contribution in [0.3, 0.4) is 0 Å². The normalized spacial score (nSPS) is 9.83. The fourth-order valence-corrected chi connectivity index (χ4v) is 2.23. The number of carbonyl (C=O) groups excluding carboxylic acids is 1. The summed E-state index contributed by atoms with van der Waals surface area (Å²) in [4.78, 5) is 14.3. The molecule has 2 nitrogen and oxygen atoms in total. The lowest BCUT2D eigenvalue weighted by Gasteiger charge is -2.11. The molecule has 2 rings (SSSR count). The van der Waals surface area contributed by atoms with E-state index in [1.54, 1.807) is 6.07 Å². The van der Waals surface area contributed by atoms with Crippen LogP contribution in [0.2, 0.25) is 0 Å². The van der Waals surface area contributed by atoms with Crippen LogP contribution in [0.4, 0.5) is 5.69 Å². The van der Waals surface area contributed by atoms with Gasteiger partial charge in [0.2, 0.25) is 0 Å². The van der Waals surface area contributed by atoms with Crippen molar-refractivity contribution in [1.82, 2.24) is 0 Å². The summed E-state index contributed by atoms with van der Waals surface area (Å²) in [7, 11) is 0. The highest BCUT2D eigenvalue weighted by Gasteiger charge is 2.08. The Kier molecular flexibility index (Phi) is 3.25. The van der Waals surface area contributed by atoms with E-state index in [4.69, 9.17) is 6.57 Å². The average Bonchev–Trinajstić information content (AvgIpc) is 2.38. The Balaban J connectivity index is 2.64. The van der Waals surface area contributed by atoms with Gasteiger partial charge in [-0.15, -0.1) is 0 Å². The van der Waals surface area contributed by atoms with Gasteiger partial charge in [-0.05, 0) is 31.0 Å². The lowest BCUT2D eigenvalue weighted by Crippen LogP contribution is -1.89. The number of rotatable bonds is 2. The summed E-state index contributed by atoms with van der Waals surface area (Å²) in [6.45, 7) is 11.0.